The molecule has 0 spiro atoms. The fourth-order valence-electron chi connectivity index (χ4n) is 3.51. The lowest BCUT2D eigenvalue weighted by Crippen LogP contribution is -2.13. The number of nitriles is 1. The summed E-state index contributed by atoms with van der Waals surface area (Å²) >= 11 is 5.96. The molecule has 0 bridgehead atoms. The van der Waals surface area contributed by atoms with Crippen LogP contribution in [0.4, 0.5) is 5.69 Å². The minimum Gasteiger partial charge on any atom is -0.497 e. The van der Waals surface area contributed by atoms with Crippen LogP contribution in [0.3, 0.4) is 0 Å². The minimum absolute atomic E-state index is 0.0732. The highest BCUT2D eigenvalue weighted by atomic mass is 35.5. The summed E-state index contributed by atoms with van der Waals surface area (Å²) in [5.41, 5.74) is 3.01. The van der Waals surface area contributed by atoms with Gasteiger partial charge >= 0.3 is 0 Å². The van der Waals surface area contributed by atoms with Crippen molar-refractivity contribution in [2.45, 2.75) is 13.2 Å². The summed E-state index contributed by atoms with van der Waals surface area (Å²) in [6.07, 6.45) is 1.49. The van der Waals surface area contributed by atoms with E-state index >= 15 is 0 Å². The molecule has 190 valence electrons. The van der Waals surface area contributed by atoms with Crippen LogP contribution in [-0.4, -0.2) is 13.0 Å². The second-order valence-corrected chi connectivity index (χ2v) is 8.68. The monoisotopic (exact) mass is 524 g/mol. The van der Waals surface area contributed by atoms with Gasteiger partial charge in [0.05, 0.1) is 7.11 Å². The lowest BCUT2D eigenvalue weighted by Gasteiger charge is -2.12. The number of nitrogens with zero attached hydrogens (tertiary/aromatic N) is 1. The highest BCUT2D eigenvalue weighted by Gasteiger charge is 2.13. The van der Waals surface area contributed by atoms with Crippen LogP contribution in [0, 0.1) is 11.3 Å². The van der Waals surface area contributed by atoms with Gasteiger partial charge in [0.15, 0.2) is 0 Å². The minimum atomic E-state index is -0.537. The van der Waals surface area contributed by atoms with Gasteiger partial charge in [0.25, 0.3) is 5.91 Å². The highest BCUT2D eigenvalue weighted by molar-refractivity contribution is 6.30. The molecule has 0 atom stereocenters. The van der Waals surface area contributed by atoms with Crippen molar-refractivity contribution in [2.75, 3.05) is 12.4 Å². The Morgan fingerprint density at radius 1 is 0.868 bits per heavy atom. The lowest BCUT2D eigenvalue weighted by molar-refractivity contribution is -0.112. The summed E-state index contributed by atoms with van der Waals surface area (Å²) in [5.74, 6) is 1.19. The summed E-state index contributed by atoms with van der Waals surface area (Å²) in [6, 6.07) is 31.3. The first kappa shape index (κ1) is 26.3. The molecule has 4 rings (SSSR count). The molecule has 0 aliphatic rings. The Hall–Kier alpha value is -4.73. The van der Waals surface area contributed by atoms with Crippen molar-refractivity contribution in [1.82, 2.24) is 0 Å². The van der Waals surface area contributed by atoms with Gasteiger partial charge in [0.2, 0.25) is 0 Å². The van der Waals surface area contributed by atoms with E-state index in [0.29, 0.717) is 40.1 Å². The summed E-state index contributed by atoms with van der Waals surface area (Å²) in [5, 5.41) is 13.1. The van der Waals surface area contributed by atoms with Crippen LogP contribution in [0.25, 0.3) is 6.08 Å². The molecule has 0 radical (unpaired) electrons. The lowest BCUT2D eigenvalue weighted by atomic mass is 10.1. The van der Waals surface area contributed by atoms with E-state index in [-0.39, 0.29) is 12.2 Å². The van der Waals surface area contributed by atoms with Gasteiger partial charge in [-0.1, -0.05) is 54.1 Å². The molecular formula is C31H25ClN2O4. The molecule has 1 N–H and O–H groups in total. The molecule has 0 aliphatic carbocycles. The molecule has 1 amide bonds. The topological polar surface area (TPSA) is 80.6 Å². The Morgan fingerprint density at radius 3 is 2.21 bits per heavy atom. The zero-order chi connectivity index (χ0) is 26.7. The number of ether oxygens (including phenoxy) is 3. The van der Waals surface area contributed by atoms with E-state index in [0.717, 1.165) is 11.1 Å². The quantitative estimate of drug-likeness (QED) is 0.177. The van der Waals surface area contributed by atoms with Crippen LogP contribution in [0.2, 0.25) is 5.02 Å². The number of anilines is 1. The normalized spacial score (nSPS) is 10.8. The molecular weight excluding hydrogens is 500 g/mol. The standard InChI is InChI=1S/C31H25ClN2O4/c1-36-29-14-9-24(30(18-29)38-21-23-7-10-26(32)11-8-23)17-25(19-33)31(35)34-27-12-15-28(16-13-27)37-20-22-5-3-2-4-6-22/h2-18H,20-21H2,1H3,(H,34,35)/b25-17+. The first-order valence-corrected chi connectivity index (χ1v) is 12.2. The van der Waals surface area contributed by atoms with Crippen molar-refractivity contribution in [3.63, 3.8) is 0 Å². The van der Waals surface area contributed by atoms with Crippen molar-refractivity contribution < 1.29 is 19.0 Å². The van der Waals surface area contributed by atoms with Crippen LogP contribution in [0.15, 0.2) is 103 Å². The first-order valence-electron chi connectivity index (χ1n) is 11.8. The van der Waals surface area contributed by atoms with Gasteiger partial charge in [0, 0.05) is 22.3 Å². The molecule has 38 heavy (non-hydrogen) atoms. The van der Waals surface area contributed by atoms with E-state index in [1.165, 1.54) is 6.08 Å². The van der Waals surface area contributed by atoms with Crippen LogP contribution in [-0.2, 0) is 18.0 Å². The molecule has 0 aromatic heterocycles. The molecule has 0 unspecified atom stereocenters. The van der Waals surface area contributed by atoms with Crippen LogP contribution in [0.5, 0.6) is 17.2 Å². The van der Waals surface area contributed by atoms with Crippen molar-refractivity contribution >= 4 is 29.3 Å². The smallest absolute Gasteiger partial charge is 0.266 e. The molecule has 4 aromatic rings. The first-order chi connectivity index (χ1) is 18.5. The number of carbonyl (C=O) groups is 1. The van der Waals surface area contributed by atoms with E-state index in [4.69, 9.17) is 25.8 Å². The third-order valence-corrected chi connectivity index (χ3v) is 5.81. The molecule has 7 heteroatoms. The van der Waals surface area contributed by atoms with Gasteiger partial charge in [-0.3, -0.25) is 4.79 Å². The second-order valence-electron chi connectivity index (χ2n) is 8.24. The third kappa shape index (κ3) is 7.39. The number of rotatable bonds is 10. The van der Waals surface area contributed by atoms with Crippen molar-refractivity contribution in [3.8, 4) is 23.3 Å². The number of amides is 1. The number of hydrogen-bond donors (Lipinski definition) is 1. The van der Waals surface area contributed by atoms with E-state index in [2.05, 4.69) is 5.32 Å². The van der Waals surface area contributed by atoms with Gasteiger partial charge in [-0.25, -0.2) is 0 Å². The maximum absolute atomic E-state index is 12.9. The zero-order valence-corrected chi connectivity index (χ0v) is 21.4. The maximum Gasteiger partial charge on any atom is 0.266 e. The highest BCUT2D eigenvalue weighted by Crippen LogP contribution is 2.28. The molecule has 6 nitrogen and oxygen atoms in total. The molecule has 0 aliphatic heterocycles. The predicted molar refractivity (Wildman–Crippen MR) is 148 cm³/mol. The fraction of sp³-hybridized carbons (Fsp3) is 0.0968. The number of hydrogen-bond acceptors (Lipinski definition) is 5. The van der Waals surface area contributed by atoms with Gasteiger partial charge in [-0.05, 0) is 65.7 Å². The summed E-state index contributed by atoms with van der Waals surface area (Å²) < 4.78 is 17.1. The van der Waals surface area contributed by atoms with Crippen molar-refractivity contribution in [1.29, 1.82) is 5.26 Å². The number of benzene rings is 4. The van der Waals surface area contributed by atoms with Gasteiger partial charge in [0.1, 0.15) is 42.1 Å². The average molecular weight is 525 g/mol. The molecule has 0 saturated carbocycles. The Labute approximate surface area is 226 Å². The van der Waals surface area contributed by atoms with Crippen LogP contribution >= 0.6 is 11.6 Å². The maximum atomic E-state index is 12.9. The average Bonchev–Trinajstić information content (AvgIpc) is 2.96. The van der Waals surface area contributed by atoms with E-state index < -0.39 is 5.91 Å². The zero-order valence-electron chi connectivity index (χ0n) is 20.7. The Morgan fingerprint density at radius 2 is 1.53 bits per heavy atom. The van der Waals surface area contributed by atoms with E-state index in [1.54, 1.807) is 61.7 Å². The third-order valence-electron chi connectivity index (χ3n) is 5.55. The van der Waals surface area contributed by atoms with Crippen LogP contribution in [0.1, 0.15) is 16.7 Å². The molecule has 4 aromatic carbocycles. The van der Waals surface area contributed by atoms with Crippen molar-refractivity contribution in [3.05, 3.63) is 124 Å². The summed E-state index contributed by atoms with van der Waals surface area (Å²) in [7, 11) is 1.56. The SMILES string of the molecule is COc1ccc(/C=C(\C#N)C(=O)Nc2ccc(OCc3ccccc3)cc2)c(OCc2ccc(Cl)cc2)c1. The van der Waals surface area contributed by atoms with Gasteiger partial charge in [-0.2, -0.15) is 5.26 Å². The summed E-state index contributed by atoms with van der Waals surface area (Å²) in [4.78, 5) is 12.9. The molecule has 0 saturated heterocycles. The number of halogens is 1. The molecule has 0 heterocycles. The number of nitrogens with one attached hydrogen (secondary N) is 1. The largest absolute Gasteiger partial charge is 0.497 e. The van der Waals surface area contributed by atoms with Gasteiger partial charge in [-0.15, -0.1) is 0 Å². The number of methoxy groups -OCH3 is 1. The van der Waals surface area contributed by atoms with E-state index in [9.17, 15) is 10.1 Å². The summed E-state index contributed by atoms with van der Waals surface area (Å²) in [6.45, 7) is 0.718. The fourth-order valence-corrected chi connectivity index (χ4v) is 3.63. The number of carbonyl (C=O) groups excluding carboxylic acids is 1. The van der Waals surface area contributed by atoms with E-state index in [1.807, 2.05) is 48.5 Å². The molecule has 0 fully saturated rings. The second kappa shape index (κ2) is 13.0. The Balaban J connectivity index is 1.44. The van der Waals surface area contributed by atoms with Crippen molar-refractivity contribution in [2.24, 2.45) is 0 Å². The Kier molecular flexibility index (Phi) is 9.01. The predicted octanol–water partition coefficient (Wildman–Crippen LogP) is 7.05. The van der Waals surface area contributed by atoms with Gasteiger partial charge < -0.3 is 19.5 Å². The Bertz CT molecular complexity index is 1440. The van der Waals surface area contributed by atoms with Crippen LogP contribution < -0.4 is 19.5 Å².